The molecule has 1 aromatic heterocycles. The van der Waals surface area contributed by atoms with Crippen molar-refractivity contribution in [2.75, 3.05) is 13.9 Å². The first-order valence-electron chi connectivity index (χ1n) is 4.48. The number of hydrogen-bond donors (Lipinski definition) is 0. The van der Waals surface area contributed by atoms with E-state index in [2.05, 4.69) is 9.47 Å². The Labute approximate surface area is 92.3 Å². The largest absolute Gasteiger partial charge is 0.435 e. The van der Waals surface area contributed by atoms with Crippen LogP contribution in [-0.2, 0) is 25.7 Å². The molecule has 1 rings (SSSR count). The van der Waals surface area contributed by atoms with Gasteiger partial charge in [0.25, 0.3) is 13.2 Å². The van der Waals surface area contributed by atoms with Gasteiger partial charge in [-0.2, -0.15) is 4.57 Å². The molecule has 0 atom stereocenters. The number of methoxy groups -OCH3 is 1. The quantitative estimate of drug-likeness (QED) is 0.292. The fraction of sp³-hybridized carbons (Fsp3) is 0.300. The van der Waals surface area contributed by atoms with E-state index in [-0.39, 0.29) is 13.5 Å². The topological polar surface area (TPSA) is 65.7 Å². The summed E-state index contributed by atoms with van der Waals surface area (Å²) in [6.45, 7) is 0.288. The van der Waals surface area contributed by atoms with E-state index in [9.17, 15) is 9.59 Å². The molecule has 0 bridgehead atoms. The molecule has 1 heterocycles. The minimum absolute atomic E-state index is 0.0505. The standard InChI is InChI=1S/C10H12NO5/c1-14-8-16-10(13)9-3-2-4-11(5-9)6-15-7-12/h2-5,7H,6,8H2,1H3/q+1. The number of ether oxygens (including phenoxy) is 3. The first-order chi connectivity index (χ1) is 7.77. The smallest absolute Gasteiger partial charge is 0.346 e. The van der Waals surface area contributed by atoms with E-state index in [1.54, 1.807) is 18.3 Å². The predicted octanol–water partition coefficient (Wildman–Crippen LogP) is -0.135. The summed E-state index contributed by atoms with van der Waals surface area (Å²) in [6.07, 6.45) is 3.18. The van der Waals surface area contributed by atoms with Crippen molar-refractivity contribution >= 4 is 12.4 Å². The molecule has 0 aromatic carbocycles. The molecular weight excluding hydrogens is 214 g/mol. The summed E-state index contributed by atoms with van der Waals surface area (Å²) in [6, 6.07) is 3.24. The van der Waals surface area contributed by atoms with Crippen molar-refractivity contribution in [3.63, 3.8) is 0 Å². The minimum Gasteiger partial charge on any atom is -0.435 e. The van der Waals surface area contributed by atoms with E-state index in [0.29, 0.717) is 12.0 Å². The number of carbonyl (C=O) groups is 2. The predicted molar refractivity (Wildman–Crippen MR) is 51.1 cm³/mol. The van der Waals surface area contributed by atoms with E-state index in [1.165, 1.54) is 17.9 Å². The Bertz CT molecular complexity index is 366. The van der Waals surface area contributed by atoms with E-state index >= 15 is 0 Å². The van der Waals surface area contributed by atoms with E-state index < -0.39 is 5.97 Å². The van der Waals surface area contributed by atoms with Crippen LogP contribution in [0.2, 0.25) is 0 Å². The summed E-state index contributed by atoms with van der Waals surface area (Å²) in [7, 11) is 1.43. The molecule has 0 saturated carbocycles. The first-order valence-corrected chi connectivity index (χ1v) is 4.48. The van der Waals surface area contributed by atoms with Gasteiger partial charge in [-0.05, 0) is 6.07 Å². The molecule has 1 aromatic rings. The van der Waals surface area contributed by atoms with Crippen LogP contribution < -0.4 is 4.57 Å². The number of hydrogen-bond acceptors (Lipinski definition) is 5. The summed E-state index contributed by atoms with van der Waals surface area (Å²) in [5.74, 6) is -0.498. The molecule has 0 saturated heterocycles. The zero-order valence-corrected chi connectivity index (χ0v) is 8.79. The van der Waals surface area contributed by atoms with Crippen molar-refractivity contribution in [1.29, 1.82) is 0 Å². The molecule has 0 N–H and O–H groups in total. The molecule has 0 spiro atoms. The highest BCUT2D eigenvalue weighted by molar-refractivity contribution is 5.88. The average molecular weight is 226 g/mol. The second kappa shape index (κ2) is 6.52. The Balaban J connectivity index is 2.65. The minimum atomic E-state index is -0.498. The van der Waals surface area contributed by atoms with Crippen molar-refractivity contribution in [3.8, 4) is 0 Å². The number of aromatic nitrogens is 1. The molecule has 16 heavy (non-hydrogen) atoms. The fourth-order valence-electron chi connectivity index (χ4n) is 1.04. The van der Waals surface area contributed by atoms with Gasteiger partial charge in [-0.3, -0.25) is 4.79 Å². The second-order valence-corrected chi connectivity index (χ2v) is 2.84. The molecule has 0 radical (unpaired) electrons. The SMILES string of the molecule is COCOC(=O)c1ccc[n+](COC=O)c1. The lowest BCUT2D eigenvalue weighted by atomic mass is 10.3. The number of nitrogens with zero attached hydrogens (tertiary/aromatic N) is 1. The molecular formula is C10H12NO5+. The number of esters is 1. The van der Waals surface area contributed by atoms with Crippen LogP contribution >= 0.6 is 0 Å². The lowest BCUT2D eigenvalue weighted by molar-refractivity contribution is -0.727. The summed E-state index contributed by atoms with van der Waals surface area (Å²) < 4.78 is 15.4. The zero-order chi connectivity index (χ0) is 11.8. The maximum absolute atomic E-state index is 11.4. The Kier molecular flexibility index (Phi) is 4.94. The van der Waals surface area contributed by atoms with Crippen LogP contribution in [0, 0.1) is 0 Å². The van der Waals surface area contributed by atoms with Gasteiger partial charge in [-0.15, -0.1) is 0 Å². The lowest BCUT2D eigenvalue weighted by Crippen LogP contribution is -2.35. The van der Waals surface area contributed by atoms with Crippen molar-refractivity contribution < 1.29 is 28.4 Å². The van der Waals surface area contributed by atoms with Gasteiger partial charge < -0.3 is 14.2 Å². The maximum Gasteiger partial charge on any atom is 0.346 e. The molecule has 86 valence electrons. The highest BCUT2D eigenvalue weighted by Gasteiger charge is 2.11. The fourth-order valence-corrected chi connectivity index (χ4v) is 1.04. The maximum atomic E-state index is 11.4. The molecule has 0 aliphatic rings. The average Bonchev–Trinajstić information content (AvgIpc) is 2.33. The Morgan fingerprint density at radius 2 is 2.38 bits per heavy atom. The molecule has 6 heteroatoms. The van der Waals surface area contributed by atoms with Gasteiger partial charge in [0.2, 0.25) is 0 Å². The molecule has 6 nitrogen and oxygen atoms in total. The lowest BCUT2D eigenvalue weighted by Gasteiger charge is -2.01. The molecule has 0 amide bonds. The van der Waals surface area contributed by atoms with Crippen molar-refractivity contribution in [3.05, 3.63) is 30.1 Å². The second-order valence-electron chi connectivity index (χ2n) is 2.84. The Hall–Kier alpha value is -1.95. The van der Waals surface area contributed by atoms with Gasteiger partial charge in [0.1, 0.15) is 5.56 Å². The first kappa shape index (κ1) is 12.1. The van der Waals surface area contributed by atoms with Gasteiger partial charge >= 0.3 is 5.97 Å². The van der Waals surface area contributed by atoms with E-state index in [4.69, 9.17) is 4.74 Å². The summed E-state index contributed by atoms with van der Waals surface area (Å²) in [5.41, 5.74) is 0.356. The third-order valence-corrected chi connectivity index (χ3v) is 1.69. The van der Waals surface area contributed by atoms with Crippen LogP contribution in [0.1, 0.15) is 10.4 Å². The molecule has 0 aliphatic carbocycles. The summed E-state index contributed by atoms with van der Waals surface area (Å²) in [4.78, 5) is 21.4. The number of carbonyl (C=O) groups excluding carboxylic acids is 2. The van der Waals surface area contributed by atoms with Gasteiger partial charge in [-0.25, -0.2) is 4.79 Å². The normalized spacial score (nSPS) is 9.56. The zero-order valence-electron chi connectivity index (χ0n) is 8.79. The van der Waals surface area contributed by atoms with Crippen LogP contribution in [0.3, 0.4) is 0 Å². The van der Waals surface area contributed by atoms with Gasteiger partial charge in [0.05, 0.1) is 0 Å². The third kappa shape index (κ3) is 3.66. The van der Waals surface area contributed by atoms with Crippen LogP contribution in [0.15, 0.2) is 24.5 Å². The van der Waals surface area contributed by atoms with Crippen molar-refractivity contribution in [2.24, 2.45) is 0 Å². The van der Waals surface area contributed by atoms with Crippen LogP contribution in [0.4, 0.5) is 0 Å². The monoisotopic (exact) mass is 226 g/mol. The van der Waals surface area contributed by atoms with Gasteiger partial charge in [0.15, 0.2) is 19.2 Å². The van der Waals surface area contributed by atoms with Gasteiger partial charge in [-0.1, -0.05) is 0 Å². The highest BCUT2D eigenvalue weighted by atomic mass is 16.7. The molecule has 0 fully saturated rings. The van der Waals surface area contributed by atoms with Crippen LogP contribution in [0.25, 0.3) is 0 Å². The van der Waals surface area contributed by atoms with E-state index in [0.717, 1.165) is 0 Å². The van der Waals surface area contributed by atoms with Crippen molar-refractivity contribution in [1.82, 2.24) is 0 Å². The molecule has 0 aliphatic heterocycles. The Morgan fingerprint density at radius 3 is 3.06 bits per heavy atom. The van der Waals surface area contributed by atoms with E-state index in [1.807, 2.05) is 0 Å². The highest BCUT2D eigenvalue weighted by Crippen LogP contribution is 1.97. The number of pyridine rings is 1. The third-order valence-electron chi connectivity index (χ3n) is 1.69. The van der Waals surface area contributed by atoms with Crippen LogP contribution in [0.5, 0.6) is 0 Å². The van der Waals surface area contributed by atoms with Crippen LogP contribution in [-0.4, -0.2) is 26.3 Å². The number of rotatable bonds is 6. The van der Waals surface area contributed by atoms with Crippen molar-refractivity contribution in [2.45, 2.75) is 6.73 Å². The summed E-state index contributed by atoms with van der Waals surface area (Å²) >= 11 is 0. The molecule has 0 unspecified atom stereocenters. The van der Waals surface area contributed by atoms with Gasteiger partial charge in [0, 0.05) is 13.2 Å². The summed E-state index contributed by atoms with van der Waals surface area (Å²) in [5, 5.41) is 0. The Morgan fingerprint density at radius 1 is 1.56 bits per heavy atom.